The molecule has 0 amide bonds. The first-order chi connectivity index (χ1) is 10.8. The Morgan fingerprint density at radius 1 is 1.09 bits per heavy atom. The molecule has 0 fully saturated rings. The van der Waals surface area contributed by atoms with Crippen molar-refractivity contribution in [1.82, 2.24) is 9.78 Å². The van der Waals surface area contributed by atoms with Gasteiger partial charge in [0.15, 0.2) is 8.29 Å². The smallest absolute Gasteiger partial charge is 0.184 e. The maximum atomic E-state index is 5.42. The van der Waals surface area contributed by atoms with Gasteiger partial charge in [-0.15, -0.1) is 16.9 Å². The van der Waals surface area contributed by atoms with Crippen molar-refractivity contribution in [3.63, 3.8) is 0 Å². The van der Waals surface area contributed by atoms with Gasteiger partial charge < -0.3 is 0 Å². The van der Waals surface area contributed by atoms with Crippen molar-refractivity contribution in [2.75, 3.05) is 6.26 Å². The molecule has 0 saturated carbocycles. The molecule has 0 saturated heterocycles. The SMILES string of the molecule is CSc1ccc(CSc2nn(-c3ccccc3)c(=S)s2)cc1. The summed E-state index contributed by atoms with van der Waals surface area (Å²) in [7, 11) is 0. The molecule has 112 valence electrons. The van der Waals surface area contributed by atoms with E-state index < -0.39 is 0 Å². The topological polar surface area (TPSA) is 17.8 Å². The Kier molecular flexibility index (Phi) is 5.36. The standard InChI is InChI=1S/C16H14N2S4/c1-20-14-9-7-12(8-10-14)11-21-15-17-18(16(19)22-15)13-5-3-2-4-6-13/h2-10H,11H2,1H3. The maximum Gasteiger partial charge on any atom is 0.184 e. The van der Waals surface area contributed by atoms with Crippen LogP contribution >= 0.6 is 47.1 Å². The van der Waals surface area contributed by atoms with Crippen LogP contribution in [0.5, 0.6) is 0 Å². The molecule has 0 spiro atoms. The molecule has 0 unspecified atom stereocenters. The minimum absolute atomic E-state index is 0.784. The Bertz CT molecular complexity index is 791. The van der Waals surface area contributed by atoms with Gasteiger partial charge in [-0.1, -0.05) is 53.4 Å². The summed E-state index contributed by atoms with van der Waals surface area (Å²) in [6.07, 6.45) is 2.09. The lowest BCUT2D eigenvalue weighted by Gasteiger charge is -2.01. The molecule has 22 heavy (non-hydrogen) atoms. The predicted octanol–water partition coefficient (Wildman–Crippen LogP) is 5.68. The zero-order chi connectivity index (χ0) is 15.4. The van der Waals surface area contributed by atoms with Crippen molar-refractivity contribution >= 4 is 47.1 Å². The van der Waals surface area contributed by atoms with Crippen LogP contribution in [-0.4, -0.2) is 16.0 Å². The summed E-state index contributed by atoms with van der Waals surface area (Å²) in [5.41, 5.74) is 2.31. The molecule has 2 nitrogen and oxygen atoms in total. The second-order valence-electron chi connectivity index (χ2n) is 4.52. The predicted molar refractivity (Wildman–Crippen MR) is 100 cm³/mol. The van der Waals surface area contributed by atoms with Crippen LogP contribution in [0, 0.1) is 3.95 Å². The van der Waals surface area contributed by atoms with E-state index in [4.69, 9.17) is 12.2 Å². The van der Waals surface area contributed by atoms with Crippen molar-refractivity contribution in [2.24, 2.45) is 0 Å². The van der Waals surface area contributed by atoms with Crippen molar-refractivity contribution in [3.8, 4) is 5.69 Å². The van der Waals surface area contributed by atoms with E-state index >= 15 is 0 Å². The van der Waals surface area contributed by atoms with E-state index in [9.17, 15) is 0 Å². The van der Waals surface area contributed by atoms with Gasteiger partial charge in [-0.2, -0.15) is 0 Å². The van der Waals surface area contributed by atoms with Gasteiger partial charge in [0.1, 0.15) is 0 Å². The molecule has 2 aromatic carbocycles. The molecular formula is C16H14N2S4. The Morgan fingerprint density at radius 2 is 1.82 bits per heavy atom. The van der Waals surface area contributed by atoms with Gasteiger partial charge >= 0.3 is 0 Å². The summed E-state index contributed by atoms with van der Waals surface area (Å²) < 4.78 is 3.62. The monoisotopic (exact) mass is 362 g/mol. The van der Waals surface area contributed by atoms with Gasteiger partial charge in [0.05, 0.1) is 5.69 Å². The lowest BCUT2D eigenvalue weighted by molar-refractivity contribution is 0.829. The summed E-state index contributed by atoms with van der Waals surface area (Å²) in [6, 6.07) is 18.7. The van der Waals surface area contributed by atoms with Crippen LogP contribution in [0.2, 0.25) is 0 Å². The molecule has 0 aliphatic carbocycles. The molecule has 6 heteroatoms. The van der Waals surface area contributed by atoms with Gasteiger partial charge in [0.25, 0.3) is 0 Å². The van der Waals surface area contributed by atoms with Gasteiger partial charge in [0.2, 0.25) is 0 Å². The van der Waals surface area contributed by atoms with Crippen LogP contribution in [0.3, 0.4) is 0 Å². The molecule has 3 rings (SSSR count). The highest BCUT2D eigenvalue weighted by Gasteiger charge is 2.06. The van der Waals surface area contributed by atoms with E-state index in [0.29, 0.717) is 0 Å². The Morgan fingerprint density at radius 3 is 2.50 bits per heavy atom. The molecule has 0 atom stereocenters. The Hall–Kier alpha value is -1.08. The first kappa shape index (κ1) is 15.8. The third kappa shape index (κ3) is 3.81. The second kappa shape index (κ2) is 7.46. The summed E-state index contributed by atoms with van der Waals surface area (Å²) >= 11 is 10.5. The highest BCUT2D eigenvalue weighted by Crippen LogP contribution is 2.27. The van der Waals surface area contributed by atoms with E-state index in [1.807, 2.05) is 35.0 Å². The zero-order valence-corrected chi connectivity index (χ0v) is 15.2. The first-order valence-corrected chi connectivity index (χ1v) is 10.1. The normalized spacial score (nSPS) is 10.8. The number of rotatable bonds is 5. The van der Waals surface area contributed by atoms with Crippen LogP contribution < -0.4 is 0 Å². The molecular weight excluding hydrogens is 348 g/mol. The fourth-order valence-electron chi connectivity index (χ4n) is 1.92. The lowest BCUT2D eigenvalue weighted by atomic mass is 10.2. The fraction of sp³-hybridized carbons (Fsp3) is 0.125. The van der Waals surface area contributed by atoms with Crippen molar-refractivity contribution in [2.45, 2.75) is 15.0 Å². The summed E-state index contributed by atoms with van der Waals surface area (Å²) in [5, 5.41) is 4.62. The zero-order valence-electron chi connectivity index (χ0n) is 11.9. The summed E-state index contributed by atoms with van der Waals surface area (Å²) in [5.74, 6) is 0.908. The highest BCUT2D eigenvalue weighted by atomic mass is 32.2. The van der Waals surface area contributed by atoms with Crippen molar-refractivity contribution in [1.29, 1.82) is 0 Å². The quantitative estimate of drug-likeness (QED) is 0.429. The van der Waals surface area contributed by atoms with E-state index in [2.05, 4.69) is 35.6 Å². The third-order valence-electron chi connectivity index (χ3n) is 3.05. The number of benzene rings is 2. The largest absolute Gasteiger partial charge is 0.211 e. The average molecular weight is 363 g/mol. The summed E-state index contributed by atoms with van der Waals surface area (Å²) in [6.45, 7) is 0. The lowest BCUT2D eigenvalue weighted by Crippen LogP contribution is -1.95. The second-order valence-corrected chi connectivity index (χ2v) is 8.24. The number of thioether (sulfide) groups is 2. The number of aromatic nitrogens is 2. The molecule has 0 radical (unpaired) electrons. The van der Waals surface area contributed by atoms with Crippen molar-refractivity contribution < 1.29 is 0 Å². The van der Waals surface area contributed by atoms with Gasteiger partial charge in [-0.25, -0.2) is 4.68 Å². The molecule has 0 N–H and O–H groups in total. The minimum atomic E-state index is 0.784. The van der Waals surface area contributed by atoms with E-state index in [1.165, 1.54) is 10.5 Å². The van der Waals surface area contributed by atoms with E-state index in [-0.39, 0.29) is 0 Å². The van der Waals surface area contributed by atoms with Crippen LogP contribution in [0.4, 0.5) is 0 Å². The van der Waals surface area contributed by atoms with Gasteiger partial charge in [-0.05, 0) is 48.3 Å². The number of nitrogens with zero attached hydrogens (tertiary/aromatic N) is 2. The van der Waals surface area contributed by atoms with Crippen molar-refractivity contribution in [3.05, 3.63) is 64.1 Å². The van der Waals surface area contributed by atoms with Crippen LogP contribution in [0.25, 0.3) is 5.69 Å². The Balaban J connectivity index is 1.72. The van der Waals surface area contributed by atoms with E-state index in [0.717, 1.165) is 19.7 Å². The third-order valence-corrected chi connectivity index (χ3v) is 6.23. The Labute approximate surface area is 147 Å². The van der Waals surface area contributed by atoms with Crippen LogP contribution in [-0.2, 0) is 5.75 Å². The molecule has 1 heterocycles. The average Bonchev–Trinajstić information content (AvgIpc) is 2.95. The van der Waals surface area contributed by atoms with Gasteiger partial charge in [0, 0.05) is 10.6 Å². The first-order valence-electron chi connectivity index (χ1n) is 6.67. The molecule has 0 aliphatic rings. The fourth-order valence-corrected chi connectivity index (χ4v) is 4.64. The van der Waals surface area contributed by atoms with Crippen LogP contribution in [0.1, 0.15) is 5.56 Å². The maximum absolute atomic E-state index is 5.42. The van der Waals surface area contributed by atoms with Gasteiger partial charge in [-0.3, -0.25) is 0 Å². The number of para-hydroxylation sites is 1. The molecule has 0 bridgehead atoms. The highest BCUT2D eigenvalue weighted by molar-refractivity contribution is 8.00. The molecule has 1 aromatic heterocycles. The number of hydrogen-bond acceptors (Lipinski definition) is 5. The summed E-state index contributed by atoms with van der Waals surface area (Å²) in [4.78, 5) is 1.29. The van der Waals surface area contributed by atoms with Crippen LogP contribution in [0.15, 0.2) is 63.8 Å². The van der Waals surface area contributed by atoms with E-state index in [1.54, 1.807) is 34.9 Å². The molecule has 0 aliphatic heterocycles. The number of hydrogen-bond donors (Lipinski definition) is 0. The molecule has 3 aromatic rings. The minimum Gasteiger partial charge on any atom is -0.211 e.